The van der Waals surface area contributed by atoms with Gasteiger partial charge in [0, 0.05) is 31.8 Å². The van der Waals surface area contributed by atoms with Gasteiger partial charge in [0.05, 0.1) is 6.61 Å². The third-order valence-corrected chi connectivity index (χ3v) is 3.27. The van der Waals surface area contributed by atoms with Gasteiger partial charge >= 0.3 is 0 Å². The van der Waals surface area contributed by atoms with Crippen LogP contribution in [0.2, 0.25) is 0 Å². The highest BCUT2D eigenvalue weighted by molar-refractivity contribution is 5.95. The fraction of sp³-hybridized carbons (Fsp3) is 0.500. The number of amidine groups is 1. The molecule has 1 aliphatic carbocycles. The van der Waals surface area contributed by atoms with E-state index in [1.54, 1.807) is 7.11 Å². The first kappa shape index (κ1) is 13.1. The van der Waals surface area contributed by atoms with Crippen LogP contribution < -0.4 is 5.73 Å². The molecular formula is C14H21N3O. The summed E-state index contributed by atoms with van der Waals surface area (Å²) in [6.45, 7) is 2.64. The Kier molecular flexibility index (Phi) is 4.33. The number of nitrogens with one attached hydrogen (secondary N) is 1. The Labute approximate surface area is 108 Å². The topological polar surface area (TPSA) is 62.3 Å². The zero-order valence-corrected chi connectivity index (χ0v) is 10.9. The predicted octanol–water partition coefficient (Wildman–Crippen LogP) is 1.58. The molecule has 1 aromatic rings. The van der Waals surface area contributed by atoms with Crippen molar-refractivity contribution in [3.05, 3.63) is 35.4 Å². The van der Waals surface area contributed by atoms with Crippen LogP contribution in [-0.2, 0) is 11.3 Å². The van der Waals surface area contributed by atoms with Crippen molar-refractivity contribution in [1.82, 2.24) is 4.90 Å². The first-order valence-corrected chi connectivity index (χ1v) is 6.37. The molecule has 0 aliphatic heterocycles. The highest BCUT2D eigenvalue weighted by Gasteiger charge is 2.28. The van der Waals surface area contributed by atoms with Crippen LogP contribution in [0.3, 0.4) is 0 Å². The van der Waals surface area contributed by atoms with Gasteiger partial charge in [0.15, 0.2) is 0 Å². The van der Waals surface area contributed by atoms with Crippen molar-refractivity contribution >= 4 is 5.84 Å². The van der Waals surface area contributed by atoms with Gasteiger partial charge in [-0.25, -0.2) is 0 Å². The number of nitrogens with two attached hydrogens (primary N) is 1. The fourth-order valence-corrected chi connectivity index (χ4v) is 2.11. The summed E-state index contributed by atoms with van der Waals surface area (Å²) in [5, 5.41) is 7.47. The second-order valence-corrected chi connectivity index (χ2v) is 4.81. The lowest BCUT2D eigenvalue weighted by Crippen LogP contribution is -2.29. The molecule has 0 atom stereocenters. The minimum atomic E-state index is 0.131. The summed E-state index contributed by atoms with van der Waals surface area (Å²) in [6, 6.07) is 8.65. The fourth-order valence-electron chi connectivity index (χ4n) is 2.11. The number of nitrogen functional groups attached to an aromatic ring is 1. The molecule has 0 amide bonds. The van der Waals surface area contributed by atoms with E-state index >= 15 is 0 Å². The zero-order chi connectivity index (χ0) is 13.0. The summed E-state index contributed by atoms with van der Waals surface area (Å²) in [5.74, 6) is 0.131. The number of hydrogen-bond donors (Lipinski definition) is 2. The van der Waals surface area contributed by atoms with Gasteiger partial charge < -0.3 is 10.5 Å². The van der Waals surface area contributed by atoms with Crippen LogP contribution in [0.4, 0.5) is 0 Å². The molecule has 0 aromatic heterocycles. The molecule has 1 aliphatic rings. The standard InChI is InChI=1S/C14H21N3O/c1-18-8-7-17(13-5-6-13)10-11-3-2-4-12(9-11)14(15)16/h2-4,9,13H,5-8,10H2,1H3,(H3,15,16). The maximum atomic E-state index is 7.47. The third kappa shape index (κ3) is 3.55. The van der Waals surface area contributed by atoms with E-state index in [2.05, 4.69) is 11.0 Å². The van der Waals surface area contributed by atoms with Gasteiger partial charge in [0.1, 0.15) is 5.84 Å². The van der Waals surface area contributed by atoms with E-state index in [0.717, 1.165) is 25.3 Å². The van der Waals surface area contributed by atoms with Crippen LogP contribution in [0, 0.1) is 5.41 Å². The first-order valence-electron chi connectivity index (χ1n) is 6.37. The van der Waals surface area contributed by atoms with Gasteiger partial charge in [-0.05, 0) is 24.5 Å². The van der Waals surface area contributed by atoms with Crippen molar-refractivity contribution in [2.24, 2.45) is 5.73 Å². The van der Waals surface area contributed by atoms with Gasteiger partial charge in [-0.3, -0.25) is 10.3 Å². The van der Waals surface area contributed by atoms with Gasteiger partial charge in [-0.2, -0.15) is 0 Å². The molecule has 0 heterocycles. The third-order valence-electron chi connectivity index (χ3n) is 3.27. The summed E-state index contributed by atoms with van der Waals surface area (Å²) < 4.78 is 5.15. The minimum Gasteiger partial charge on any atom is -0.384 e. The zero-order valence-electron chi connectivity index (χ0n) is 10.9. The average Bonchev–Trinajstić information content (AvgIpc) is 3.19. The van der Waals surface area contributed by atoms with Crippen molar-refractivity contribution in [1.29, 1.82) is 5.41 Å². The Morgan fingerprint density at radius 1 is 1.50 bits per heavy atom. The van der Waals surface area contributed by atoms with E-state index in [1.807, 2.05) is 18.2 Å². The van der Waals surface area contributed by atoms with Gasteiger partial charge in [0.2, 0.25) is 0 Å². The Morgan fingerprint density at radius 3 is 2.89 bits per heavy atom. The molecular weight excluding hydrogens is 226 g/mol. The highest BCUT2D eigenvalue weighted by atomic mass is 16.5. The van der Waals surface area contributed by atoms with Gasteiger partial charge in [-0.1, -0.05) is 18.2 Å². The lowest BCUT2D eigenvalue weighted by Gasteiger charge is -2.21. The van der Waals surface area contributed by atoms with Crippen molar-refractivity contribution in [2.75, 3.05) is 20.3 Å². The molecule has 98 valence electrons. The number of ether oxygens (including phenoxy) is 1. The molecule has 0 bridgehead atoms. The normalized spacial score (nSPS) is 15.0. The van der Waals surface area contributed by atoms with Crippen molar-refractivity contribution < 1.29 is 4.74 Å². The van der Waals surface area contributed by atoms with Crippen LogP contribution in [0.15, 0.2) is 24.3 Å². The summed E-state index contributed by atoms with van der Waals surface area (Å²) in [7, 11) is 1.74. The van der Waals surface area contributed by atoms with Crippen LogP contribution in [0.5, 0.6) is 0 Å². The average molecular weight is 247 g/mol. The smallest absolute Gasteiger partial charge is 0.122 e. The lowest BCUT2D eigenvalue weighted by molar-refractivity contribution is 0.139. The lowest BCUT2D eigenvalue weighted by atomic mass is 10.1. The molecule has 0 spiro atoms. The highest BCUT2D eigenvalue weighted by Crippen LogP contribution is 2.28. The molecule has 18 heavy (non-hydrogen) atoms. The Bertz CT molecular complexity index is 415. The summed E-state index contributed by atoms with van der Waals surface area (Å²) in [4.78, 5) is 2.45. The number of rotatable bonds is 7. The predicted molar refractivity (Wildman–Crippen MR) is 72.8 cm³/mol. The summed E-state index contributed by atoms with van der Waals surface area (Å²) in [5.41, 5.74) is 7.53. The maximum absolute atomic E-state index is 7.47. The van der Waals surface area contributed by atoms with Gasteiger partial charge in [-0.15, -0.1) is 0 Å². The van der Waals surface area contributed by atoms with E-state index in [4.69, 9.17) is 15.9 Å². The number of methoxy groups -OCH3 is 1. The second kappa shape index (κ2) is 5.98. The van der Waals surface area contributed by atoms with Crippen molar-refractivity contribution in [3.63, 3.8) is 0 Å². The molecule has 1 fully saturated rings. The Morgan fingerprint density at radius 2 is 2.28 bits per heavy atom. The van der Waals surface area contributed by atoms with E-state index in [0.29, 0.717) is 6.04 Å². The summed E-state index contributed by atoms with van der Waals surface area (Å²) in [6.07, 6.45) is 2.58. The number of hydrogen-bond acceptors (Lipinski definition) is 3. The quantitative estimate of drug-likeness (QED) is 0.568. The molecule has 3 N–H and O–H groups in total. The van der Waals surface area contributed by atoms with E-state index in [9.17, 15) is 0 Å². The van der Waals surface area contributed by atoms with Gasteiger partial charge in [0.25, 0.3) is 0 Å². The maximum Gasteiger partial charge on any atom is 0.122 e. The van der Waals surface area contributed by atoms with Crippen LogP contribution >= 0.6 is 0 Å². The molecule has 1 aromatic carbocycles. The number of nitrogens with zero attached hydrogens (tertiary/aromatic N) is 1. The van der Waals surface area contributed by atoms with E-state index in [1.165, 1.54) is 18.4 Å². The van der Waals surface area contributed by atoms with Crippen LogP contribution in [-0.4, -0.2) is 37.0 Å². The largest absolute Gasteiger partial charge is 0.384 e. The van der Waals surface area contributed by atoms with Crippen molar-refractivity contribution in [2.45, 2.75) is 25.4 Å². The first-order chi connectivity index (χ1) is 8.70. The number of benzene rings is 1. The Hall–Kier alpha value is -1.39. The van der Waals surface area contributed by atoms with Crippen molar-refractivity contribution in [3.8, 4) is 0 Å². The van der Waals surface area contributed by atoms with Crippen LogP contribution in [0.1, 0.15) is 24.0 Å². The molecule has 4 heteroatoms. The molecule has 4 nitrogen and oxygen atoms in total. The monoisotopic (exact) mass is 247 g/mol. The molecule has 2 rings (SSSR count). The van der Waals surface area contributed by atoms with Crippen LogP contribution in [0.25, 0.3) is 0 Å². The molecule has 0 saturated heterocycles. The van der Waals surface area contributed by atoms with E-state index in [-0.39, 0.29) is 5.84 Å². The Balaban J connectivity index is 2.01. The SMILES string of the molecule is COCCN(Cc1cccc(C(=N)N)c1)C1CC1. The second-order valence-electron chi connectivity index (χ2n) is 4.81. The summed E-state index contributed by atoms with van der Waals surface area (Å²) >= 11 is 0. The minimum absolute atomic E-state index is 0.131. The van der Waals surface area contributed by atoms with E-state index < -0.39 is 0 Å². The molecule has 0 radical (unpaired) electrons. The molecule has 1 saturated carbocycles. The molecule has 0 unspecified atom stereocenters.